The summed E-state index contributed by atoms with van der Waals surface area (Å²) in [5, 5.41) is 0. The maximum atomic E-state index is 13.7. The van der Waals surface area contributed by atoms with Gasteiger partial charge in [-0.2, -0.15) is 0 Å². The molecule has 0 unspecified atom stereocenters. The van der Waals surface area contributed by atoms with Crippen LogP contribution in [0.2, 0.25) is 0 Å². The number of thiazole rings is 1. The molecule has 3 aromatic rings. The van der Waals surface area contributed by atoms with Crippen LogP contribution in [0.4, 0.5) is 0 Å². The van der Waals surface area contributed by atoms with Crippen molar-refractivity contribution in [1.82, 2.24) is 4.57 Å². The molecule has 176 valence electrons. The van der Waals surface area contributed by atoms with E-state index in [-0.39, 0.29) is 11.7 Å². The van der Waals surface area contributed by atoms with Crippen LogP contribution in [0.5, 0.6) is 0 Å². The number of aromatic nitrogens is 1. The second-order valence-electron chi connectivity index (χ2n) is 8.32. The first-order chi connectivity index (χ1) is 16.2. The van der Waals surface area contributed by atoms with Crippen LogP contribution < -0.4 is 14.9 Å². The summed E-state index contributed by atoms with van der Waals surface area (Å²) in [6.45, 7) is 7.44. The second kappa shape index (κ2) is 10.1. The first kappa shape index (κ1) is 24.7. The molecule has 4 rings (SSSR count). The van der Waals surface area contributed by atoms with Gasteiger partial charge in [-0.1, -0.05) is 51.5 Å². The van der Waals surface area contributed by atoms with Crippen molar-refractivity contribution in [3.05, 3.63) is 94.6 Å². The Morgan fingerprint density at radius 2 is 1.91 bits per heavy atom. The van der Waals surface area contributed by atoms with Gasteiger partial charge in [-0.3, -0.25) is 9.36 Å². The van der Waals surface area contributed by atoms with Gasteiger partial charge in [0.25, 0.3) is 5.56 Å². The standard InChI is InChI=1S/C26H25BrN2O3S2/c1-14(2)32-25(31)22-16(4)28-26-29(23(22)18-8-10-19(33-5)11-9-18)24(30)21(34-26)13-17-7-6-15(3)20(27)12-17/h6-14,23H,1-5H3/b21-13-/t23-/m1/s1. The number of hydrogen-bond donors (Lipinski definition) is 0. The largest absolute Gasteiger partial charge is 0.459 e. The Bertz CT molecular complexity index is 1470. The highest BCUT2D eigenvalue weighted by Crippen LogP contribution is 2.32. The number of carbonyl (C=O) groups excluding carboxylic acids is 1. The van der Waals surface area contributed by atoms with E-state index in [9.17, 15) is 9.59 Å². The highest BCUT2D eigenvalue weighted by molar-refractivity contribution is 9.10. The summed E-state index contributed by atoms with van der Waals surface area (Å²) >= 11 is 6.53. The number of esters is 1. The number of ether oxygens (including phenoxy) is 1. The van der Waals surface area contributed by atoms with Crippen molar-refractivity contribution in [3.63, 3.8) is 0 Å². The predicted molar refractivity (Wildman–Crippen MR) is 142 cm³/mol. The van der Waals surface area contributed by atoms with Crippen molar-refractivity contribution in [2.75, 3.05) is 6.26 Å². The number of nitrogens with zero attached hydrogens (tertiary/aromatic N) is 2. The van der Waals surface area contributed by atoms with Crippen LogP contribution in [0.15, 0.2) is 72.9 Å². The zero-order chi connectivity index (χ0) is 24.6. The Morgan fingerprint density at radius 1 is 1.21 bits per heavy atom. The zero-order valence-electron chi connectivity index (χ0n) is 19.6. The van der Waals surface area contributed by atoms with Crippen molar-refractivity contribution in [1.29, 1.82) is 0 Å². The van der Waals surface area contributed by atoms with E-state index in [1.807, 2.05) is 75.6 Å². The van der Waals surface area contributed by atoms with Gasteiger partial charge in [0.1, 0.15) is 0 Å². The average molecular weight is 558 g/mol. The molecule has 1 aliphatic heterocycles. The third-order valence-electron chi connectivity index (χ3n) is 5.51. The lowest BCUT2D eigenvalue weighted by Crippen LogP contribution is -2.40. The van der Waals surface area contributed by atoms with Crippen molar-refractivity contribution in [2.24, 2.45) is 4.99 Å². The molecule has 1 aliphatic rings. The van der Waals surface area contributed by atoms with Crippen molar-refractivity contribution in [3.8, 4) is 0 Å². The van der Waals surface area contributed by atoms with Gasteiger partial charge in [-0.25, -0.2) is 9.79 Å². The van der Waals surface area contributed by atoms with E-state index >= 15 is 0 Å². The maximum Gasteiger partial charge on any atom is 0.338 e. The molecule has 8 heteroatoms. The number of aryl methyl sites for hydroxylation is 1. The lowest BCUT2D eigenvalue weighted by atomic mass is 9.96. The number of fused-ring (bicyclic) bond motifs is 1. The summed E-state index contributed by atoms with van der Waals surface area (Å²) in [5.74, 6) is -0.452. The van der Waals surface area contributed by atoms with E-state index in [1.54, 1.807) is 23.3 Å². The van der Waals surface area contributed by atoms with Gasteiger partial charge in [0.05, 0.1) is 27.9 Å². The van der Waals surface area contributed by atoms with E-state index in [2.05, 4.69) is 20.9 Å². The molecule has 0 saturated heterocycles. The SMILES string of the molecule is CSc1ccc([C@@H]2C(C(=O)OC(C)C)=C(C)N=c3s/c(=C\c4ccc(C)c(Br)c4)c(=O)n32)cc1. The Morgan fingerprint density at radius 3 is 2.53 bits per heavy atom. The van der Waals surface area contributed by atoms with Crippen molar-refractivity contribution >= 4 is 51.1 Å². The smallest absolute Gasteiger partial charge is 0.338 e. The molecule has 0 spiro atoms. The van der Waals surface area contributed by atoms with E-state index in [0.717, 1.165) is 26.1 Å². The topological polar surface area (TPSA) is 60.7 Å². The minimum absolute atomic E-state index is 0.179. The quantitative estimate of drug-likeness (QED) is 0.328. The van der Waals surface area contributed by atoms with E-state index < -0.39 is 12.0 Å². The Kier molecular flexibility index (Phi) is 7.31. The van der Waals surface area contributed by atoms with Crippen molar-refractivity contribution in [2.45, 2.75) is 44.7 Å². The highest BCUT2D eigenvalue weighted by atomic mass is 79.9. The number of hydrogen-bond acceptors (Lipinski definition) is 6. The summed E-state index contributed by atoms with van der Waals surface area (Å²) in [5.41, 5.74) is 3.66. The summed E-state index contributed by atoms with van der Waals surface area (Å²) in [6, 6.07) is 13.3. The second-order valence-corrected chi connectivity index (χ2v) is 11.1. The van der Waals surface area contributed by atoms with Crippen LogP contribution in [-0.2, 0) is 9.53 Å². The molecule has 0 fully saturated rings. The number of rotatable bonds is 5. The molecule has 5 nitrogen and oxygen atoms in total. The summed E-state index contributed by atoms with van der Waals surface area (Å²) in [7, 11) is 0. The molecule has 2 heterocycles. The normalized spacial score (nSPS) is 16.0. The van der Waals surface area contributed by atoms with Crippen molar-refractivity contribution < 1.29 is 9.53 Å². The number of carbonyl (C=O) groups is 1. The highest BCUT2D eigenvalue weighted by Gasteiger charge is 2.33. The Balaban J connectivity index is 1.93. The zero-order valence-corrected chi connectivity index (χ0v) is 22.8. The number of allylic oxidation sites excluding steroid dienone is 1. The van der Waals surface area contributed by atoms with E-state index in [0.29, 0.717) is 20.6 Å². The molecular formula is C26H25BrN2O3S2. The summed E-state index contributed by atoms with van der Waals surface area (Å²) in [6.07, 6.45) is 3.60. The summed E-state index contributed by atoms with van der Waals surface area (Å²) < 4.78 is 8.72. The van der Waals surface area contributed by atoms with Gasteiger partial charge in [-0.15, -0.1) is 11.8 Å². The number of halogens is 1. The van der Waals surface area contributed by atoms with Crippen LogP contribution in [0.25, 0.3) is 6.08 Å². The predicted octanol–water partition coefficient (Wildman–Crippen LogP) is 4.98. The third-order valence-corrected chi connectivity index (χ3v) is 8.09. The molecule has 34 heavy (non-hydrogen) atoms. The van der Waals surface area contributed by atoms with Gasteiger partial charge >= 0.3 is 5.97 Å². The molecule has 2 aromatic carbocycles. The first-order valence-electron chi connectivity index (χ1n) is 10.8. The Hall–Kier alpha value is -2.42. The fourth-order valence-corrected chi connectivity index (χ4v) is 5.66. The molecular weight excluding hydrogens is 532 g/mol. The third kappa shape index (κ3) is 4.85. The molecule has 0 saturated carbocycles. The molecule has 0 aliphatic carbocycles. The maximum absolute atomic E-state index is 13.7. The number of benzene rings is 2. The fraction of sp³-hybridized carbons (Fsp3) is 0.269. The molecule has 0 amide bonds. The van der Waals surface area contributed by atoms with E-state index in [1.165, 1.54) is 11.3 Å². The van der Waals surface area contributed by atoms with Crippen LogP contribution >= 0.6 is 39.0 Å². The fourth-order valence-electron chi connectivity index (χ4n) is 3.81. The minimum Gasteiger partial charge on any atom is -0.459 e. The lowest BCUT2D eigenvalue weighted by molar-refractivity contribution is -0.143. The van der Waals surface area contributed by atoms with Gasteiger partial charge in [-0.05, 0) is 74.9 Å². The number of thioether (sulfide) groups is 1. The molecule has 1 atom stereocenters. The van der Waals surface area contributed by atoms with Gasteiger partial charge in [0, 0.05) is 9.37 Å². The van der Waals surface area contributed by atoms with Crippen LogP contribution in [0.1, 0.15) is 43.5 Å². The lowest BCUT2D eigenvalue weighted by Gasteiger charge is -2.25. The van der Waals surface area contributed by atoms with Gasteiger partial charge in [0.2, 0.25) is 0 Å². The Labute approximate surface area is 215 Å². The van der Waals surface area contributed by atoms with Gasteiger partial charge in [0.15, 0.2) is 4.80 Å². The molecule has 1 aromatic heterocycles. The van der Waals surface area contributed by atoms with Crippen LogP contribution in [0, 0.1) is 6.92 Å². The molecule has 0 N–H and O–H groups in total. The van der Waals surface area contributed by atoms with E-state index in [4.69, 9.17) is 4.74 Å². The molecule has 0 bridgehead atoms. The monoisotopic (exact) mass is 556 g/mol. The molecule has 0 radical (unpaired) electrons. The minimum atomic E-state index is -0.606. The first-order valence-corrected chi connectivity index (χ1v) is 13.7. The average Bonchev–Trinajstić information content (AvgIpc) is 3.09. The van der Waals surface area contributed by atoms with Crippen LogP contribution in [-0.4, -0.2) is 22.9 Å². The summed E-state index contributed by atoms with van der Waals surface area (Å²) in [4.78, 5) is 33.1. The van der Waals surface area contributed by atoms with Crippen LogP contribution in [0.3, 0.4) is 0 Å². The van der Waals surface area contributed by atoms with Gasteiger partial charge < -0.3 is 4.74 Å².